The summed E-state index contributed by atoms with van der Waals surface area (Å²) in [7, 11) is 0. The second kappa shape index (κ2) is 6.02. The van der Waals surface area contributed by atoms with E-state index >= 15 is 0 Å². The molecule has 2 heterocycles. The molecule has 0 aliphatic heterocycles. The molecule has 4 nitrogen and oxygen atoms in total. The number of aryl methyl sites for hydroxylation is 1. The van der Waals surface area contributed by atoms with Crippen LogP contribution in [-0.2, 0) is 12.8 Å². The quantitative estimate of drug-likeness (QED) is 0.908. The number of carbonyl (C=O) groups is 1. The lowest BCUT2D eigenvalue weighted by molar-refractivity contribution is 0.0942. The van der Waals surface area contributed by atoms with Crippen LogP contribution in [0.15, 0.2) is 18.5 Å². The van der Waals surface area contributed by atoms with E-state index in [0.717, 1.165) is 29.5 Å². The Morgan fingerprint density at radius 3 is 3.19 bits per heavy atom. The summed E-state index contributed by atoms with van der Waals surface area (Å²) in [5.74, 6) is 1.58. The van der Waals surface area contributed by atoms with Crippen LogP contribution in [0.2, 0.25) is 0 Å². The summed E-state index contributed by atoms with van der Waals surface area (Å²) in [6.07, 6.45) is 8.21. The highest BCUT2D eigenvalue weighted by Gasteiger charge is 2.22. The van der Waals surface area contributed by atoms with Crippen LogP contribution < -0.4 is 5.32 Å². The SMILES string of the molecule is CCC1CCc2sc(C(=O)NC(C)c3ncc[nH]3)cc2C1. The largest absolute Gasteiger partial charge is 0.347 e. The second-order valence-electron chi connectivity index (χ2n) is 5.75. The van der Waals surface area contributed by atoms with E-state index in [-0.39, 0.29) is 11.9 Å². The third-order valence-corrected chi connectivity index (χ3v) is 5.50. The number of amides is 1. The van der Waals surface area contributed by atoms with Gasteiger partial charge in [-0.05, 0) is 43.7 Å². The van der Waals surface area contributed by atoms with Crippen LogP contribution in [0.4, 0.5) is 0 Å². The van der Waals surface area contributed by atoms with E-state index in [1.54, 1.807) is 23.7 Å². The van der Waals surface area contributed by atoms with E-state index < -0.39 is 0 Å². The number of hydrogen-bond acceptors (Lipinski definition) is 3. The Balaban J connectivity index is 1.70. The fraction of sp³-hybridized carbons (Fsp3) is 0.500. The van der Waals surface area contributed by atoms with Gasteiger partial charge in [-0.3, -0.25) is 4.79 Å². The average Bonchev–Trinajstić information content (AvgIpc) is 3.15. The summed E-state index contributed by atoms with van der Waals surface area (Å²) in [6.45, 7) is 4.19. The highest BCUT2D eigenvalue weighted by Crippen LogP contribution is 2.33. The maximum Gasteiger partial charge on any atom is 0.261 e. The maximum absolute atomic E-state index is 12.4. The standard InChI is InChI=1S/C16H21N3OS/c1-3-11-4-5-13-12(8-11)9-14(21-13)16(20)19-10(2)15-17-6-7-18-15/h6-7,9-11H,3-5,8H2,1-2H3,(H,17,18)(H,19,20). The summed E-state index contributed by atoms with van der Waals surface area (Å²) < 4.78 is 0. The van der Waals surface area contributed by atoms with Crippen molar-refractivity contribution in [3.8, 4) is 0 Å². The number of nitrogens with zero attached hydrogens (tertiary/aromatic N) is 1. The number of thiophene rings is 1. The van der Waals surface area contributed by atoms with Crippen molar-refractivity contribution < 1.29 is 4.79 Å². The number of aromatic amines is 1. The molecular weight excluding hydrogens is 282 g/mol. The van der Waals surface area contributed by atoms with Crippen molar-refractivity contribution in [2.75, 3.05) is 0 Å². The van der Waals surface area contributed by atoms with Crippen LogP contribution in [0.3, 0.4) is 0 Å². The molecule has 2 atom stereocenters. The molecule has 0 saturated heterocycles. The molecule has 2 N–H and O–H groups in total. The van der Waals surface area contributed by atoms with Crippen LogP contribution in [0.1, 0.15) is 58.7 Å². The lowest BCUT2D eigenvalue weighted by Crippen LogP contribution is -2.26. The van der Waals surface area contributed by atoms with Crippen LogP contribution >= 0.6 is 11.3 Å². The number of rotatable bonds is 4. The Morgan fingerprint density at radius 1 is 1.62 bits per heavy atom. The molecule has 1 aliphatic carbocycles. The molecule has 1 aliphatic rings. The van der Waals surface area contributed by atoms with E-state index in [4.69, 9.17) is 0 Å². The number of fused-ring (bicyclic) bond motifs is 1. The van der Waals surface area contributed by atoms with Gasteiger partial charge in [0, 0.05) is 17.3 Å². The van der Waals surface area contributed by atoms with Crippen molar-refractivity contribution >= 4 is 17.2 Å². The van der Waals surface area contributed by atoms with Crippen molar-refractivity contribution in [3.63, 3.8) is 0 Å². The summed E-state index contributed by atoms with van der Waals surface area (Å²) >= 11 is 1.65. The predicted molar refractivity (Wildman–Crippen MR) is 84.6 cm³/mol. The van der Waals surface area contributed by atoms with Gasteiger partial charge >= 0.3 is 0 Å². The van der Waals surface area contributed by atoms with Crippen molar-refractivity contribution in [1.82, 2.24) is 15.3 Å². The number of carbonyl (C=O) groups excluding carboxylic acids is 1. The molecule has 2 aromatic heterocycles. The molecule has 0 saturated carbocycles. The number of H-pyrrole nitrogens is 1. The molecular formula is C16H21N3OS. The van der Waals surface area contributed by atoms with E-state index in [9.17, 15) is 4.79 Å². The fourth-order valence-corrected chi connectivity index (χ4v) is 4.02. The normalized spacial score (nSPS) is 19.0. The van der Waals surface area contributed by atoms with Gasteiger partial charge in [-0.25, -0.2) is 4.98 Å². The van der Waals surface area contributed by atoms with Crippen molar-refractivity contribution in [2.45, 2.75) is 45.6 Å². The van der Waals surface area contributed by atoms with Gasteiger partial charge in [-0.2, -0.15) is 0 Å². The van der Waals surface area contributed by atoms with Crippen LogP contribution in [0, 0.1) is 5.92 Å². The average molecular weight is 303 g/mol. The van der Waals surface area contributed by atoms with Crippen LogP contribution in [0.25, 0.3) is 0 Å². The Kier molecular flexibility index (Phi) is 4.10. The monoisotopic (exact) mass is 303 g/mol. The van der Waals surface area contributed by atoms with Gasteiger partial charge in [0.2, 0.25) is 0 Å². The molecule has 112 valence electrons. The molecule has 0 aromatic carbocycles. The number of nitrogens with one attached hydrogen (secondary N) is 2. The Hall–Kier alpha value is -1.62. The van der Waals surface area contributed by atoms with E-state index in [2.05, 4.69) is 28.3 Å². The van der Waals surface area contributed by atoms with Crippen molar-refractivity contribution in [1.29, 1.82) is 0 Å². The van der Waals surface area contributed by atoms with Gasteiger partial charge in [0.25, 0.3) is 5.91 Å². The Bertz CT molecular complexity index is 618. The first-order valence-electron chi connectivity index (χ1n) is 7.59. The first kappa shape index (κ1) is 14.3. The molecule has 0 spiro atoms. The first-order chi connectivity index (χ1) is 10.2. The van der Waals surface area contributed by atoms with E-state index in [1.165, 1.54) is 23.3 Å². The minimum absolute atomic E-state index is 0.00588. The summed E-state index contributed by atoms with van der Waals surface area (Å²) in [5.41, 5.74) is 1.38. The van der Waals surface area contributed by atoms with Gasteiger partial charge in [0.05, 0.1) is 10.9 Å². The van der Waals surface area contributed by atoms with Gasteiger partial charge in [0.15, 0.2) is 0 Å². The summed E-state index contributed by atoms with van der Waals surface area (Å²) in [6, 6.07) is 1.99. The number of hydrogen-bond donors (Lipinski definition) is 2. The minimum Gasteiger partial charge on any atom is -0.347 e. The summed E-state index contributed by atoms with van der Waals surface area (Å²) in [5, 5.41) is 3.01. The molecule has 0 fully saturated rings. The lowest BCUT2D eigenvalue weighted by Gasteiger charge is -2.19. The Morgan fingerprint density at radius 2 is 2.48 bits per heavy atom. The van der Waals surface area contributed by atoms with E-state index in [1.807, 2.05) is 6.92 Å². The molecule has 0 radical (unpaired) electrons. The molecule has 1 amide bonds. The van der Waals surface area contributed by atoms with Crippen LogP contribution in [-0.4, -0.2) is 15.9 Å². The minimum atomic E-state index is -0.102. The Labute approximate surface area is 129 Å². The molecule has 2 aromatic rings. The first-order valence-corrected chi connectivity index (χ1v) is 8.40. The lowest BCUT2D eigenvalue weighted by atomic mass is 9.87. The van der Waals surface area contributed by atoms with Gasteiger partial charge < -0.3 is 10.3 Å². The topological polar surface area (TPSA) is 57.8 Å². The predicted octanol–water partition coefficient (Wildman–Crippen LogP) is 3.48. The number of imidazole rings is 1. The van der Waals surface area contributed by atoms with E-state index in [0.29, 0.717) is 0 Å². The molecule has 5 heteroatoms. The summed E-state index contributed by atoms with van der Waals surface area (Å²) in [4.78, 5) is 21.8. The van der Waals surface area contributed by atoms with Crippen molar-refractivity contribution in [3.05, 3.63) is 39.6 Å². The zero-order valence-corrected chi connectivity index (χ0v) is 13.3. The van der Waals surface area contributed by atoms with Gasteiger partial charge in [0.1, 0.15) is 5.82 Å². The van der Waals surface area contributed by atoms with Gasteiger partial charge in [-0.15, -0.1) is 11.3 Å². The fourth-order valence-electron chi connectivity index (χ4n) is 2.91. The second-order valence-corrected chi connectivity index (χ2v) is 6.88. The molecule has 3 rings (SSSR count). The third kappa shape index (κ3) is 3.02. The highest BCUT2D eigenvalue weighted by atomic mass is 32.1. The number of aromatic nitrogens is 2. The molecule has 21 heavy (non-hydrogen) atoms. The molecule has 0 bridgehead atoms. The third-order valence-electron chi connectivity index (χ3n) is 4.26. The zero-order chi connectivity index (χ0) is 14.8. The zero-order valence-electron chi connectivity index (χ0n) is 12.5. The smallest absolute Gasteiger partial charge is 0.261 e. The highest BCUT2D eigenvalue weighted by molar-refractivity contribution is 7.14. The van der Waals surface area contributed by atoms with Gasteiger partial charge in [-0.1, -0.05) is 13.3 Å². The van der Waals surface area contributed by atoms with Crippen molar-refractivity contribution in [2.24, 2.45) is 5.92 Å². The molecule has 2 unspecified atom stereocenters. The van der Waals surface area contributed by atoms with Crippen LogP contribution in [0.5, 0.6) is 0 Å². The maximum atomic E-state index is 12.4.